The van der Waals surface area contributed by atoms with Gasteiger partial charge in [0.05, 0.1) is 0 Å². The van der Waals surface area contributed by atoms with Gasteiger partial charge in [-0.25, -0.2) is 0 Å². The van der Waals surface area contributed by atoms with Gasteiger partial charge < -0.3 is 5.32 Å². The second-order valence-electron chi connectivity index (χ2n) is 3.84. The Balaban J connectivity index is 2.22. The zero-order valence-electron chi connectivity index (χ0n) is 8.87. The quantitative estimate of drug-likeness (QED) is 0.870. The Morgan fingerprint density at radius 2 is 2.27 bits per heavy atom. The van der Waals surface area contributed by atoms with Gasteiger partial charge in [-0.15, -0.1) is 0 Å². The van der Waals surface area contributed by atoms with E-state index in [0.717, 1.165) is 5.02 Å². The predicted molar refractivity (Wildman–Crippen MR) is 68.7 cm³/mol. The molecule has 0 bridgehead atoms. The molecule has 0 radical (unpaired) electrons. The minimum atomic E-state index is 0.395. The number of halogens is 1. The van der Waals surface area contributed by atoms with Crippen molar-refractivity contribution in [2.75, 3.05) is 12.8 Å². The van der Waals surface area contributed by atoms with Gasteiger partial charge in [0.25, 0.3) is 0 Å². The van der Waals surface area contributed by atoms with E-state index in [4.69, 9.17) is 11.6 Å². The second kappa shape index (κ2) is 5.24. The first-order chi connectivity index (χ1) is 7.33. The number of nitrogens with one attached hydrogen (secondary N) is 1. The van der Waals surface area contributed by atoms with Crippen molar-refractivity contribution in [3.8, 4) is 0 Å². The van der Waals surface area contributed by atoms with E-state index in [0.29, 0.717) is 11.3 Å². The fourth-order valence-electron chi connectivity index (χ4n) is 2.13. The lowest BCUT2D eigenvalue weighted by Crippen LogP contribution is -2.25. The van der Waals surface area contributed by atoms with E-state index in [1.165, 1.54) is 24.2 Å². The van der Waals surface area contributed by atoms with Gasteiger partial charge in [-0.05, 0) is 37.3 Å². The van der Waals surface area contributed by atoms with Crippen LogP contribution in [-0.4, -0.2) is 18.1 Å². The van der Waals surface area contributed by atoms with Gasteiger partial charge in [-0.1, -0.05) is 29.8 Å². The highest BCUT2D eigenvalue weighted by Gasteiger charge is 2.26. The molecule has 2 atom stereocenters. The van der Waals surface area contributed by atoms with Gasteiger partial charge in [0, 0.05) is 16.3 Å². The first-order valence-corrected chi connectivity index (χ1v) is 6.79. The minimum Gasteiger partial charge on any atom is -0.312 e. The van der Waals surface area contributed by atoms with Crippen molar-refractivity contribution in [3.05, 3.63) is 34.9 Å². The third-order valence-electron chi connectivity index (χ3n) is 2.89. The summed E-state index contributed by atoms with van der Waals surface area (Å²) in [6.45, 7) is 0. The summed E-state index contributed by atoms with van der Waals surface area (Å²) in [5, 5.41) is 4.95. The van der Waals surface area contributed by atoms with Crippen LogP contribution in [0.4, 0.5) is 0 Å². The molecular formula is C12H16ClNS. The van der Waals surface area contributed by atoms with Crippen molar-refractivity contribution in [1.29, 1.82) is 0 Å². The fraction of sp³-hybridized carbons (Fsp3) is 0.500. The van der Waals surface area contributed by atoms with Crippen molar-refractivity contribution < 1.29 is 0 Å². The van der Waals surface area contributed by atoms with Gasteiger partial charge in [0.2, 0.25) is 0 Å². The van der Waals surface area contributed by atoms with Crippen LogP contribution in [0.5, 0.6) is 0 Å². The molecule has 0 saturated carbocycles. The van der Waals surface area contributed by atoms with Crippen LogP contribution in [0.3, 0.4) is 0 Å². The van der Waals surface area contributed by atoms with Crippen LogP contribution in [0.15, 0.2) is 24.3 Å². The van der Waals surface area contributed by atoms with E-state index in [2.05, 4.69) is 29.2 Å². The van der Waals surface area contributed by atoms with Gasteiger partial charge in [0.15, 0.2) is 0 Å². The minimum absolute atomic E-state index is 0.395. The van der Waals surface area contributed by atoms with E-state index >= 15 is 0 Å². The van der Waals surface area contributed by atoms with Crippen LogP contribution in [0.1, 0.15) is 24.4 Å². The highest BCUT2D eigenvalue weighted by molar-refractivity contribution is 8.00. The number of hydrogen-bond donors (Lipinski definition) is 1. The smallest absolute Gasteiger partial charge is 0.0454 e. The summed E-state index contributed by atoms with van der Waals surface area (Å²) in [4.78, 5) is 0. The summed E-state index contributed by atoms with van der Waals surface area (Å²) in [7, 11) is 2.02. The molecule has 15 heavy (non-hydrogen) atoms. The zero-order chi connectivity index (χ0) is 10.7. The maximum absolute atomic E-state index is 6.23. The molecule has 0 spiro atoms. The summed E-state index contributed by atoms with van der Waals surface area (Å²) in [5.41, 5.74) is 1.24. The van der Waals surface area contributed by atoms with E-state index in [1.54, 1.807) is 0 Å². The van der Waals surface area contributed by atoms with Crippen molar-refractivity contribution in [2.45, 2.75) is 24.1 Å². The topological polar surface area (TPSA) is 12.0 Å². The summed E-state index contributed by atoms with van der Waals surface area (Å²) in [6, 6.07) is 8.54. The standard InChI is InChI=1S/C12H16ClNS/c1-14-12(11-7-4-8-15-11)9-5-2-3-6-10(9)13/h2-3,5-6,11-12,14H,4,7-8H2,1H3. The van der Waals surface area contributed by atoms with E-state index in [1.807, 2.05) is 19.2 Å². The molecule has 1 nitrogen and oxygen atoms in total. The molecule has 0 amide bonds. The number of hydrogen-bond acceptors (Lipinski definition) is 2. The Kier molecular flexibility index (Phi) is 3.95. The summed E-state index contributed by atoms with van der Waals surface area (Å²) >= 11 is 8.28. The maximum atomic E-state index is 6.23. The Morgan fingerprint density at radius 3 is 2.87 bits per heavy atom. The van der Waals surface area contributed by atoms with Crippen molar-refractivity contribution >= 4 is 23.4 Å². The normalized spacial score (nSPS) is 22.9. The molecule has 1 N–H and O–H groups in total. The summed E-state index contributed by atoms with van der Waals surface area (Å²) < 4.78 is 0. The van der Waals surface area contributed by atoms with Crippen molar-refractivity contribution in [2.24, 2.45) is 0 Å². The van der Waals surface area contributed by atoms with Crippen LogP contribution < -0.4 is 5.32 Å². The molecule has 3 heteroatoms. The highest BCUT2D eigenvalue weighted by Crippen LogP contribution is 2.37. The van der Waals surface area contributed by atoms with Crippen LogP contribution in [0.2, 0.25) is 5.02 Å². The Bertz CT molecular complexity index is 323. The average molecular weight is 242 g/mol. The van der Waals surface area contributed by atoms with E-state index in [-0.39, 0.29) is 0 Å². The van der Waals surface area contributed by atoms with Gasteiger partial charge in [-0.2, -0.15) is 11.8 Å². The molecule has 1 fully saturated rings. The number of rotatable bonds is 3. The van der Waals surface area contributed by atoms with Crippen LogP contribution in [0.25, 0.3) is 0 Å². The lowest BCUT2D eigenvalue weighted by atomic mass is 10.0. The largest absolute Gasteiger partial charge is 0.312 e. The second-order valence-corrected chi connectivity index (χ2v) is 5.59. The molecule has 1 aliphatic rings. The van der Waals surface area contributed by atoms with E-state index < -0.39 is 0 Å². The molecule has 1 aliphatic heterocycles. The Labute approximate surface area is 101 Å². The summed E-state index contributed by atoms with van der Waals surface area (Å²) in [6.07, 6.45) is 2.62. The van der Waals surface area contributed by atoms with Crippen LogP contribution >= 0.6 is 23.4 Å². The van der Waals surface area contributed by atoms with E-state index in [9.17, 15) is 0 Å². The molecule has 82 valence electrons. The molecule has 1 heterocycles. The van der Waals surface area contributed by atoms with Crippen LogP contribution in [-0.2, 0) is 0 Å². The monoisotopic (exact) mass is 241 g/mol. The Morgan fingerprint density at radius 1 is 1.47 bits per heavy atom. The molecular weight excluding hydrogens is 226 g/mol. The third-order valence-corrected chi connectivity index (χ3v) is 4.69. The number of benzene rings is 1. The SMILES string of the molecule is CNC(c1ccccc1Cl)C1CCCS1. The predicted octanol–water partition coefficient (Wildman–Crippen LogP) is 3.50. The summed E-state index contributed by atoms with van der Waals surface area (Å²) in [5.74, 6) is 1.29. The van der Waals surface area contributed by atoms with Crippen LogP contribution in [0, 0.1) is 0 Å². The van der Waals surface area contributed by atoms with Gasteiger partial charge in [0.1, 0.15) is 0 Å². The first kappa shape index (κ1) is 11.3. The molecule has 1 aromatic rings. The molecule has 1 saturated heterocycles. The number of thioether (sulfide) groups is 1. The van der Waals surface area contributed by atoms with Crippen molar-refractivity contribution in [1.82, 2.24) is 5.32 Å². The lowest BCUT2D eigenvalue weighted by Gasteiger charge is -2.23. The third kappa shape index (κ3) is 2.49. The van der Waals surface area contributed by atoms with Crippen molar-refractivity contribution in [3.63, 3.8) is 0 Å². The van der Waals surface area contributed by atoms with Gasteiger partial charge >= 0.3 is 0 Å². The molecule has 1 aromatic carbocycles. The molecule has 0 aromatic heterocycles. The zero-order valence-corrected chi connectivity index (χ0v) is 10.4. The first-order valence-electron chi connectivity index (χ1n) is 5.36. The average Bonchev–Trinajstić information content (AvgIpc) is 2.75. The maximum Gasteiger partial charge on any atom is 0.0454 e. The Hall–Kier alpha value is -0.180. The lowest BCUT2D eigenvalue weighted by molar-refractivity contribution is 0.552. The molecule has 2 rings (SSSR count). The highest BCUT2D eigenvalue weighted by atomic mass is 35.5. The van der Waals surface area contributed by atoms with Gasteiger partial charge in [-0.3, -0.25) is 0 Å². The molecule has 0 aliphatic carbocycles. The molecule has 2 unspecified atom stereocenters. The fourth-order valence-corrected chi connectivity index (χ4v) is 3.83.